The normalized spacial score (nSPS) is 22.8. The fourth-order valence-corrected chi connectivity index (χ4v) is 3.46. The topological polar surface area (TPSA) is 107 Å². The lowest BCUT2D eigenvalue weighted by atomic mass is 9.40. The standard InChI is InChI=1S/C14H18B4N4O3/c1-4-20-7-3-5(15)2-6(19)8(7)12(24)22(4)9-10(16)14(17,18)13(25)21-11(9)23/h2-3,9-10H,15-19H2,1H3,(H,21,23,25). The fraction of sp³-hybridized carbons (Fsp3) is 0.286. The first-order valence-corrected chi connectivity index (χ1v) is 8.20. The highest BCUT2D eigenvalue weighted by Gasteiger charge is 2.47. The first-order valence-electron chi connectivity index (χ1n) is 8.20. The lowest BCUT2D eigenvalue weighted by Gasteiger charge is -2.41. The lowest BCUT2D eigenvalue weighted by molar-refractivity contribution is -0.136. The van der Waals surface area contributed by atoms with Crippen molar-refractivity contribution in [2.45, 2.75) is 24.0 Å². The quantitative estimate of drug-likeness (QED) is 0.311. The van der Waals surface area contributed by atoms with E-state index in [1.807, 2.05) is 7.85 Å². The number of anilines is 1. The third-order valence-electron chi connectivity index (χ3n) is 5.34. The Labute approximate surface area is 148 Å². The molecule has 7 nitrogen and oxygen atoms in total. The van der Waals surface area contributed by atoms with Gasteiger partial charge in [-0.05, 0) is 30.1 Å². The summed E-state index contributed by atoms with van der Waals surface area (Å²) in [6, 6.07) is 2.68. The number of nitrogens with zero attached hydrogens (tertiary/aromatic N) is 2. The summed E-state index contributed by atoms with van der Waals surface area (Å²) < 4.78 is 1.36. The maximum atomic E-state index is 13.1. The van der Waals surface area contributed by atoms with Crippen LogP contribution in [0.2, 0.25) is 11.0 Å². The van der Waals surface area contributed by atoms with Gasteiger partial charge in [-0.25, -0.2) is 4.98 Å². The van der Waals surface area contributed by atoms with Gasteiger partial charge in [-0.2, -0.15) is 0 Å². The van der Waals surface area contributed by atoms with Gasteiger partial charge in [0.1, 0.15) is 43.3 Å². The van der Waals surface area contributed by atoms with Crippen molar-refractivity contribution in [1.82, 2.24) is 14.9 Å². The Bertz CT molecular complexity index is 988. The van der Waals surface area contributed by atoms with Gasteiger partial charge in [-0.3, -0.25) is 24.3 Å². The third-order valence-corrected chi connectivity index (χ3v) is 5.34. The van der Waals surface area contributed by atoms with Crippen LogP contribution >= 0.6 is 0 Å². The maximum absolute atomic E-state index is 13.1. The Morgan fingerprint density at radius 1 is 1.28 bits per heavy atom. The molecule has 1 aromatic heterocycles. The number of fused-ring (bicyclic) bond motifs is 1. The number of nitrogens with one attached hydrogen (secondary N) is 1. The number of amides is 2. The maximum Gasteiger partial charge on any atom is 0.264 e. The molecule has 1 aliphatic rings. The number of nitrogens with two attached hydrogens (primary N) is 1. The molecule has 25 heavy (non-hydrogen) atoms. The molecule has 0 spiro atoms. The highest BCUT2D eigenvalue weighted by molar-refractivity contribution is 6.55. The van der Waals surface area contributed by atoms with Crippen molar-refractivity contribution in [2.75, 3.05) is 5.73 Å². The number of piperidine rings is 1. The van der Waals surface area contributed by atoms with Crippen LogP contribution in [0.15, 0.2) is 16.9 Å². The lowest BCUT2D eigenvalue weighted by Crippen LogP contribution is -2.55. The van der Waals surface area contributed by atoms with Crippen LogP contribution < -0.4 is 22.1 Å². The van der Waals surface area contributed by atoms with Crippen molar-refractivity contribution in [2.24, 2.45) is 0 Å². The molecule has 3 rings (SSSR count). The summed E-state index contributed by atoms with van der Waals surface area (Å²) in [7, 11) is 7.21. The Hall–Kier alpha value is -2.44. The smallest absolute Gasteiger partial charge is 0.264 e. The van der Waals surface area contributed by atoms with Crippen LogP contribution in [0.1, 0.15) is 11.9 Å². The summed E-state index contributed by atoms with van der Waals surface area (Å²) in [5, 5.41) is 1.88. The second kappa shape index (κ2) is 5.54. The number of hydrogen-bond acceptors (Lipinski definition) is 5. The number of carbonyl (C=O) groups is 2. The van der Waals surface area contributed by atoms with Crippen molar-refractivity contribution in [3.63, 3.8) is 0 Å². The van der Waals surface area contributed by atoms with Crippen molar-refractivity contribution < 1.29 is 9.59 Å². The number of carbonyl (C=O) groups excluding carboxylic acids is 2. The van der Waals surface area contributed by atoms with Crippen molar-refractivity contribution in [3.8, 4) is 0 Å². The van der Waals surface area contributed by atoms with E-state index in [9.17, 15) is 14.4 Å². The molecule has 2 aromatic rings. The molecule has 2 amide bonds. The van der Waals surface area contributed by atoms with Gasteiger partial charge in [0.05, 0.1) is 10.9 Å². The Morgan fingerprint density at radius 2 is 1.92 bits per heavy atom. The number of benzene rings is 1. The molecule has 2 atom stereocenters. The summed E-state index contributed by atoms with van der Waals surface area (Å²) in [6.07, 6.45) is 0. The molecule has 1 aliphatic heterocycles. The Balaban J connectivity index is 2.31. The zero-order valence-electron chi connectivity index (χ0n) is 15.0. The molecule has 0 aliphatic carbocycles. The van der Waals surface area contributed by atoms with Crippen LogP contribution in [0.4, 0.5) is 5.69 Å². The molecule has 0 bridgehead atoms. The number of rotatable bonds is 1. The Kier molecular flexibility index (Phi) is 3.85. The van der Waals surface area contributed by atoms with Crippen LogP contribution in [-0.4, -0.2) is 52.8 Å². The minimum Gasteiger partial charge on any atom is -0.398 e. The summed E-state index contributed by atoms with van der Waals surface area (Å²) >= 11 is 0. The average molecular weight is 334 g/mol. The van der Waals surface area contributed by atoms with Gasteiger partial charge >= 0.3 is 0 Å². The predicted octanol–water partition coefficient (Wildman–Crippen LogP) is -4.45. The predicted molar refractivity (Wildman–Crippen MR) is 108 cm³/mol. The molecule has 124 valence electrons. The second-order valence-corrected chi connectivity index (χ2v) is 7.36. The van der Waals surface area contributed by atoms with E-state index >= 15 is 0 Å². The first kappa shape index (κ1) is 17.4. The van der Waals surface area contributed by atoms with Crippen molar-refractivity contribution in [3.05, 3.63) is 28.3 Å². The zero-order chi connectivity index (χ0) is 18.7. The van der Waals surface area contributed by atoms with Gasteiger partial charge in [0.2, 0.25) is 11.8 Å². The molecule has 2 unspecified atom stereocenters. The average Bonchev–Trinajstić information content (AvgIpc) is 2.47. The van der Waals surface area contributed by atoms with E-state index < -0.39 is 17.2 Å². The number of aryl methyl sites for hydroxylation is 1. The molecule has 11 heteroatoms. The van der Waals surface area contributed by atoms with Gasteiger partial charge < -0.3 is 5.73 Å². The van der Waals surface area contributed by atoms with E-state index in [0.29, 0.717) is 22.4 Å². The number of hydrogen-bond donors (Lipinski definition) is 2. The number of nitrogen functional groups attached to an aromatic ring is 1. The minimum atomic E-state index is -0.821. The summed E-state index contributed by atoms with van der Waals surface area (Å²) in [6.45, 7) is 1.68. The summed E-state index contributed by atoms with van der Waals surface area (Å²) in [5.41, 5.74) is 7.43. The molecule has 2 heterocycles. The highest BCUT2D eigenvalue weighted by atomic mass is 16.2. The SMILES string of the molecule is Bc1cc(N)c2c(=O)n(C3C(=O)NC(=O)C(B)(B)C3B)c(C)nc2c1. The molecule has 0 saturated carbocycles. The second-order valence-electron chi connectivity index (χ2n) is 7.36. The molecule has 1 aromatic carbocycles. The molecule has 1 fully saturated rings. The van der Waals surface area contributed by atoms with Crippen LogP contribution in [0.5, 0.6) is 0 Å². The first-order chi connectivity index (χ1) is 11.6. The van der Waals surface area contributed by atoms with Gasteiger partial charge in [0.15, 0.2) is 0 Å². The summed E-state index contributed by atoms with van der Waals surface area (Å²) in [4.78, 5) is 42.3. The van der Waals surface area contributed by atoms with E-state index in [1.54, 1.807) is 42.6 Å². The molecule has 1 saturated heterocycles. The van der Waals surface area contributed by atoms with E-state index in [4.69, 9.17) is 5.73 Å². The molecule has 3 N–H and O–H groups in total. The number of aromatic nitrogens is 2. The van der Waals surface area contributed by atoms with Crippen LogP contribution in [-0.2, 0) is 9.59 Å². The summed E-state index contributed by atoms with van der Waals surface area (Å²) in [5.74, 6) is -0.791. The fourth-order valence-electron chi connectivity index (χ4n) is 3.46. The van der Waals surface area contributed by atoms with E-state index in [-0.39, 0.29) is 17.3 Å². The highest BCUT2D eigenvalue weighted by Crippen LogP contribution is 2.43. The van der Waals surface area contributed by atoms with Gasteiger partial charge in [0.25, 0.3) is 5.56 Å². The minimum absolute atomic E-state index is 0.297. The van der Waals surface area contributed by atoms with Gasteiger partial charge in [-0.15, -0.1) is 0 Å². The molecule has 0 radical (unpaired) electrons. The number of imide groups is 1. The molecular weight excluding hydrogens is 315 g/mol. The Morgan fingerprint density at radius 3 is 2.56 bits per heavy atom. The van der Waals surface area contributed by atoms with E-state index in [0.717, 1.165) is 5.46 Å². The van der Waals surface area contributed by atoms with Gasteiger partial charge in [0, 0.05) is 5.69 Å². The van der Waals surface area contributed by atoms with Crippen LogP contribution in [0.25, 0.3) is 10.9 Å². The van der Waals surface area contributed by atoms with E-state index in [2.05, 4.69) is 10.3 Å². The zero-order valence-corrected chi connectivity index (χ0v) is 15.0. The molecular formula is C14H18B4N4O3. The van der Waals surface area contributed by atoms with Crippen LogP contribution in [0.3, 0.4) is 0 Å². The monoisotopic (exact) mass is 334 g/mol. The van der Waals surface area contributed by atoms with Gasteiger partial charge in [-0.1, -0.05) is 5.46 Å². The van der Waals surface area contributed by atoms with Crippen molar-refractivity contribution in [1.29, 1.82) is 0 Å². The van der Waals surface area contributed by atoms with Crippen LogP contribution in [0, 0.1) is 6.92 Å². The van der Waals surface area contributed by atoms with Crippen molar-refractivity contribution >= 4 is 65.3 Å². The van der Waals surface area contributed by atoms with E-state index in [1.165, 1.54) is 4.57 Å². The largest absolute Gasteiger partial charge is 0.398 e. The third kappa shape index (κ3) is 2.49.